The molecule has 0 bridgehead atoms. The van der Waals surface area contributed by atoms with E-state index < -0.39 is 17.2 Å². The number of nitrogens with one attached hydrogen (secondary N) is 1. The molecule has 1 heterocycles. The molecule has 0 aliphatic rings. The second-order valence-electron chi connectivity index (χ2n) is 2.96. The normalized spacial score (nSPS) is 9.93. The van der Waals surface area contributed by atoms with Gasteiger partial charge < -0.3 is 4.74 Å². The number of carbonyl (C=O) groups excluding carboxylic acids is 1. The lowest BCUT2D eigenvalue weighted by molar-refractivity contribution is -0.144. The number of hydrogen-bond donors (Lipinski definition) is 1. The molecule has 1 aromatic rings. The number of hydrogen-bond acceptors (Lipinski definition) is 4. The van der Waals surface area contributed by atoms with Crippen molar-refractivity contribution >= 4 is 5.97 Å². The molecule has 0 unspecified atom stereocenters. The average molecular weight is 212 g/mol. The van der Waals surface area contributed by atoms with Crippen molar-refractivity contribution in [3.8, 4) is 0 Å². The zero-order valence-electron chi connectivity index (χ0n) is 8.36. The molecule has 1 rings (SSSR count). The van der Waals surface area contributed by atoms with E-state index in [1.807, 2.05) is 11.9 Å². The summed E-state index contributed by atoms with van der Waals surface area (Å²) in [5.41, 5.74) is -1.10. The number of carbonyl (C=O) groups is 1. The van der Waals surface area contributed by atoms with Gasteiger partial charge in [0.05, 0.1) is 6.61 Å². The van der Waals surface area contributed by atoms with Gasteiger partial charge in [-0.2, -0.15) is 0 Å². The molecular formula is C9H12N2O4. The van der Waals surface area contributed by atoms with Crippen LogP contribution >= 0.6 is 0 Å². The van der Waals surface area contributed by atoms with Crippen LogP contribution < -0.4 is 11.2 Å². The number of ether oxygens (including phenoxy) is 1. The lowest BCUT2D eigenvalue weighted by Crippen LogP contribution is -2.31. The first-order valence-corrected chi connectivity index (χ1v) is 4.59. The third-order valence-corrected chi connectivity index (χ3v) is 1.66. The average Bonchev–Trinajstić information content (AvgIpc) is 2.19. The van der Waals surface area contributed by atoms with Gasteiger partial charge >= 0.3 is 11.7 Å². The van der Waals surface area contributed by atoms with E-state index in [1.54, 1.807) is 0 Å². The van der Waals surface area contributed by atoms with Crippen LogP contribution in [0.2, 0.25) is 0 Å². The number of aromatic nitrogens is 2. The predicted octanol–water partition coefficient (Wildman–Crippen LogP) is -0.510. The Kier molecular flexibility index (Phi) is 3.84. The van der Waals surface area contributed by atoms with E-state index in [0.29, 0.717) is 6.61 Å². The van der Waals surface area contributed by atoms with E-state index in [0.717, 1.165) is 11.0 Å². The van der Waals surface area contributed by atoms with Crippen molar-refractivity contribution in [1.29, 1.82) is 0 Å². The summed E-state index contributed by atoms with van der Waals surface area (Å²) in [6.07, 6.45) is 1.99. The molecule has 0 fully saturated rings. The first-order valence-electron chi connectivity index (χ1n) is 4.59. The molecule has 0 aromatic carbocycles. The highest BCUT2D eigenvalue weighted by molar-refractivity contribution is 5.69. The SMILES string of the molecule is CCCOC(=O)Cn1ccc(=O)[nH]c1=O. The molecule has 0 saturated heterocycles. The summed E-state index contributed by atoms with van der Waals surface area (Å²) in [4.78, 5) is 35.0. The van der Waals surface area contributed by atoms with Gasteiger partial charge in [0, 0.05) is 12.3 Å². The first-order chi connectivity index (χ1) is 7.13. The molecule has 0 atom stereocenters. The van der Waals surface area contributed by atoms with Crippen molar-refractivity contribution in [3.63, 3.8) is 0 Å². The van der Waals surface area contributed by atoms with Gasteiger partial charge in [-0.15, -0.1) is 0 Å². The van der Waals surface area contributed by atoms with Crippen LogP contribution in [0.15, 0.2) is 21.9 Å². The summed E-state index contributed by atoms with van der Waals surface area (Å²) in [6.45, 7) is 2.02. The Morgan fingerprint density at radius 3 is 2.87 bits per heavy atom. The maximum atomic E-state index is 11.1. The molecule has 0 saturated carbocycles. The predicted molar refractivity (Wildman–Crippen MR) is 52.6 cm³/mol. The molecule has 82 valence electrons. The van der Waals surface area contributed by atoms with Crippen LogP contribution in [0.1, 0.15) is 13.3 Å². The third kappa shape index (κ3) is 3.41. The van der Waals surface area contributed by atoms with Crippen LogP contribution in [0, 0.1) is 0 Å². The van der Waals surface area contributed by atoms with Crippen molar-refractivity contribution in [2.75, 3.05) is 6.61 Å². The number of H-pyrrole nitrogens is 1. The molecule has 0 spiro atoms. The zero-order valence-corrected chi connectivity index (χ0v) is 8.36. The Morgan fingerprint density at radius 2 is 2.27 bits per heavy atom. The fourth-order valence-electron chi connectivity index (χ4n) is 0.969. The Balaban J connectivity index is 2.69. The number of nitrogens with zero attached hydrogens (tertiary/aromatic N) is 1. The molecule has 0 aliphatic heterocycles. The second-order valence-corrected chi connectivity index (χ2v) is 2.96. The van der Waals surface area contributed by atoms with Crippen molar-refractivity contribution < 1.29 is 9.53 Å². The summed E-state index contributed by atoms with van der Waals surface area (Å²) in [6, 6.07) is 1.18. The fourth-order valence-corrected chi connectivity index (χ4v) is 0.969. The molecule has 0 radical (unpaired) electrons. The van der Waals surface area contributed by atoms with Crippen LogP contribution in [-0.2, 0) is 16.1 Å². The molecule has 0 aliphatic carbocycles. The minimum Gasteiger partial charge on any atom is -0.464 e. The zero-order chi connectivity index (χ0) is 11.3. The van der Waals surface area contributed by atoms with Gasteiger partial charge in [-0.1, -0.05) is 6.92 Å². The first kappa shape index (κ1) is 11.2. The molecule has 0 amide bonds. The van der Waals surface area contributed by atoms with E-state index in [2.05, 4.69) is 0 Å². The van der Waals surface area contributed by atoms with Gasteiger partial charge in [-0.3, -0.25) is 19.1 Å². The lowest BCUT2D eigenvalue weighted by atomic mass is 10.5. The Hall–Kier alpha value is -1.85. The van der Waals surface area contributed by atoms with Crippen molar-refractivity contribution in [3.05, 3.63) is 33.1 Å². The smallest absolute Gasteiger partial charge is 0.328 e. The highest BCUT2D eigenvalue weighted by Gasteiger charge is 2.04. The van der Waals surface area contributed by atoms with Crippen LogP contribution in [0.4, 0.5) is 0 Å². The molecule has 15 heavy (non-hydrogen) atoms. The fraction of sp³-hybridized carbons (Fsp3) is 0.444. The quantitative estimate of drug-likeness (QED) is 0.681. The highest BCUT2D eigenvalue weighted by atomic mass is 16.5. The summed E-state index contributed by atoms with van der Waals surface area (Å²) in [5.74, 6) is -0.494. The van der Waals surface area contributed by atoms with Crippen LogP contribution in [0.25, 0.3) is 0 Å². The highest BCUT2D eigenvalue weighted by Crippen LogP contribution is 1.85. The van der Waals surface area contributed by atoms with Crippen molar-refractivity contribution in [2.24, 2.45) is 0 Å². The van der Waals surface area contributed by atoms with E-state index in [-0.39, 0.29) is 6.54 Å². The Bertz CT molecular complexity index is 446. The van der Waals surface area contributed by atoms with Gasteiger partial charge in [0.15, 0.2) is 0 Å². The standard InChI is InChI=1S/C9H12N2O4/c1-2-5-15-8(13)6-11-4-3-7(12)10-9(11)14/h3-4H,2,5-6H2,1H3,(H,10,12,14). The summed E-state index contributed by atoms with van der Waals surface area (Å²) in [7, 11) is 0. The van der Waals surface area contributed by atoms with E-state index in [1.165, 1.54) is 12.3 Å². The molecular weight excluding hydrogens is 200 g/mol. The maximum absolute atomic E-state index is 11.1. The van der Waals surface area contributed by atoms with Gasteiger partial charge in [0.25, 0.3) is 5.56 Å². The molecule has 6 nitrogen and oxygen atoms in total. The summed E-state index contributed by atoms with van der Waals surface area (Å²) >= 11 is 0. The maximum Gasteiger partial charge on any atom is 0.328 e. The van der Waals surface area contributed by atoms with Crippen molar-refractivity contribution in [1.82, 2.24) is 9.55 Å². The Labute approximate surface area is 85.5 Å². The topological polar surface area (TPSA) is 81.2 Å². The van der Waals surface area contributed by atoms with E-state index in [4.69, 9.17) is 4.74 Å². The summed E-state index contributed by atoms with van der Waals surface area (Å²) in [5, 5.41) is 0. The largest absolute Gasteiger partial charge is 0.464 e. The van der Waals surface area contributed by atoms with E-state index in [9.17, 15) is 14.4 Å². The number of aromatic amines is 1. The third-order valence-electron chi connectivity index (χ3n) is 1.66. The van der Waals surface area contributed by atoms with Gasteiger partial charge in [0.1, 0.15) is 6.54 Å². The summed E-state index contributed by atoms with van der Waals surface area (Å²) < 4.78 is 5.87. The molecule has 1 N–H and O–H groups in total. The lowest BCUT2D eigenvalue weighted by Gasteiger charge is -2.04. The monoisotopic (exact) mass is 212 g/mol. The van der Waals surface area contributed by atoms with Crippen LogP contribution in [0.3, 0.4) is 0 Å². The van der Waals surface area contributed by atoms with Gasteiger partial charge in [-0.05, 0) is 6.42 Å². The van der Waals surface area contributed by atoms with Gasteiger partial charge in [0.2, 0.25) is 0 Å². The van der Waals surface area contributed by atoms with Crippen LogP contribution in [0.5, 0.6) is 0 Å². The minimum atomic E-state index is -0.615. The second kappa shape index (κ2) is 5.14. The van der Waals surface area contributed by atoms with Crippen molar-refractivity contribution in [2.45, 2.75) is 19.9 Å². The number of rotatable bonds is 4. The Morgan fingerprint density at radius 1 is 1.53 bits per heavy atom. The van der Waals surface area contributed by atoms with Gasteiger partial charge in [-0.25, -0.2) is 4.79 Å². The van der Waals surface area contributed by atoms with E-state index >= 15 is 0 Å². The number of esters is 1. The minimum absolute atomic E-state index is 0.185. The molecule has 6 heteroatoms. The van der Waals surface area contributed by atoms with Crippen LogP contribution in [-0.4, -0.2) is 22.1 Å². The molecule has 1 aromatic heterocycles.